The van der Waals surface area contributed by atoms with Crippen molar-refractivity contribution in [2.24, 2.45) is 0 Å². The van der Waals surface area contributed by atoms with Gasteiger partial charge in [-0.05, 0) is 97.9 Å². The van der Waals surface area contributed by atoms with E-state index in [2.05, 4.69) is 295 Å². The molecule has 0 N–H and O–H groups in total. The van der Waals surface area contributed by atoms with Crippen molar-refractivity contribution in [3.05, 3.63) is 313 Å². The van der Waals surface area contributed by atoms with Crippen molar-refractivity contribution in [1.82, 2.24) is 57.3 Å². The molecular weight excluding hydrogens is 1190 g/mol. The Labute approximate surface area is 553 Å². The first-order valence-electron chi connectivity index (χ1n) is 32.6. The van der Waals surface area contributed by atoms with Gasteiger partial charge >= 0.3 is 0 Å². The van der Waals surface area contributed by atoms with Crippen LogP contribution < -0.4 is 10.6 Å². The highest BCUT2D eigenvalue weighted by atomic mass is 15.3. The Morgan fingerprint density at radius 1 is 0.258 bits per heavy atom. The molecule has 20 aromatic rings. The molecule has 0 aliphatic heterocycles. The highest BCUT2D eigenvalue weighted by Gasteiger charge is 2.26. The van der Waals surface area contributed by atoms with Crippen LogP contribution in [-0.2, 0) is 0 Å². The van der Waals surface area contributed by atoms with Crippen LogP contribution in [0.25, 0.3) is 180 Å². The van der Waals surface area contributed by atoms with Crippen LogP contribution in [0.15, 0.2) is 291 Å². The average Bonchev–Trinajstić information content (AvgIpc) is 1.57. The molecule has 0 bridgehead atoms. The van der Waals surface area contributed by atoms with E-state index >= 15 is 0 Å². The lowest BCUT2D eigenvalue weighted by atomic mass is 10.1. The van der Waals surface area contributed by atoms with E-state index in [0.29, 0.717) is 35.4 Å². The molecule has 12 heteroatoms. The van der Waals surface area contributed by atoms with Gasteiger partial charge in [-0.3, -0.25) is 18.3 Å². The van der Waals surface area contributed by atoms with E-state index in [9.17, 15) is 0 Å². The molecule has 0 saturated heterocycles. The molecule has 0 aliphatic carbocycles. The van der Waals surface area contributed by atoms with Crippen molar-refractivity contribution in [3.63, 3.8) is 0 Å². The van der Waals surface area contributed by atoms with Gasteiger partial charge < -0.3 is 9.13 Å². The lowest BCUT2D eigenvalue weighted by Gasteiger charge is -2.13. The van der Waals surface area contributed by atoms with Crippen molar-refractivity contribution in [2.75, 3.05) is 0 Å². The Kier molecular flexibility index (Phi) is 11.8. The van der Waals surface area contributed by atoms with Crippen LogP contribution >= 0.6 is 0 Å². The summed E-state index contributed by atoms with van der Waals surface area (Å²) in [4.78, 5) is 33.1. The standard InChI is InChI=1S/C85H54N12/c1-52-58-35-15-21-41-69(58)95(83-87-81(55-29-9-4-10-30-55)89-85(91-83)97-74-46-26-20-40-63(74)68-49-77-66(51-79(68)97)61-38-18-24-44-72(61)94(77)57-33-13-6-14-34-57)75(52)47-64-53(2)92(70-42-22-16-36-59(64)70)82-86-80(54-27-7-3-8-28-54)88-84(90-82)96-73-45-25-19-39-62(73)67-48-76-65(50-78(67)96)60-37-17-23-43-71(60)93(76)56-31-11-5-12-32-56/h3-51H,1H2,2H3/b75-47+. The first kappa shape index (κ1) is 54.3. The Bertz CT molecular complexity index is 6770. The largest absolute Gasteiger partial charge is 0.309 e. The molecule has 0 unspecified atom stereocenters. The van der Waals surface area contributed by atoms with Gasteiger partial charge in [0.2, 0.25) is 23.8 Å². The topological polar surface area (TPSA) is 107 Å². The van der Waals surface area contributed by atoms with E-state index in [1.165, 1.54) is 0 Å². The van der Waals surface area contributed by atoms with Gasteiger partial charge in [0.15, 0.2) is 11.6 Å². The van der Waals surface area contributed by atoms with Crippen molar-refractivity contribution < 1.29 is 0 Å². The maximum atomic E-state index is 5.65. The summed E-state index contributed by atoms with van der Waals surface area (Å²) in [5, 5.41) is 12.5. The Balaban J connectivity index is 0.819. The second-order valence-electron chi connectivity index (χ2n) is 24.8. The van der Waals surface area contributed by atoms with Gasteiger partial charge in [0.1, 0.15) is 0 Å². The molecule has 8 aromatic heterocycles. The average molecular weight is 1240 g/mol. The summed E-state index contributed by atoms with van der Waals surface area (Å²) in [6.07, 6.45) is 2.24. The summed E-state index contributed by atoms with van der Waals surface area (Å²) in [5.41, 5.74) is 16.0. The fraction of sp³-hybridized carbons (Fsp3) is 0.0118. The number of benzene rings is 12. The molecule has 8 heterocycles. The van der Waals surface area contributed by atoms with Crippen LogP contribution in [0.4, 0.5) is 0 Å². The molecule has 0 amide bonds. The van der Waals surface area contributed by atoms with Crippen molar-refractivity contribution in [1.29, 1.82) is 0 Å². The van der Waals surface area contributed by atoms with Crippen molar-refractivity contribution >= 4 is 122 Å². The van der Waals surface area contributed by atoms with Crippen LogP contribution in [0, 0.1) is 6.92 Å². The molecule has 0 spiro atoms. The zero-order chi connectivity index (χ0) is 64.0. The second kappa shape index (κ2) is 21.1. The van der Waals surface area contributed by atoms with Crippen LogP contribution in [-0.4, -0.2) is 57.3 Å². The monoisotopic (exact) mass is 1240 g/mol. The summed E-state index contributed by atoms with van der Waals surface area (Å²) in [6, 6.07) is 102. The minimum absolute atomic E-state index is 0.443. The van der Waals surface area contributed by atoms with Gasteiger partial charge in [-0.1, -0.05) is 213 Å². The van der Waals surface area contributed by atoms with Gasteiger partial charge in [0, 0.05) is 92.8 Å². The first-order valence-corrected chi connectivity index (χ1v) is 32.6. The van der Waals surface area contributed by atoms with Crippen molar-refractivity contribution in [2.45, 2.75) is 6.92 Å². The van der Waals surface area contributed by atoms with Gasteiger partial charge in [-0.15, -0.1) is 0 Å². The third kappa shape index (κ3) is 8.17. The maximum Gasteiger partial charge on any atom is 0.240 e. The highest BCUT2D eigenvalue weighted by molar-refractivity contribution is 6.20. The maximum absolute atomic E-state index is 5.65. The number of hydrogen-bond donors (Lipinski definition) is 0. The first-order chi connectivity index (χ1) is 48.0. The minimum Gasteiger partial charge on any atom is -0.309 e. The zero-order valence-corrected chi connectivity index (χ0v) is 52.4. The summed E-state index contributed by atoms with van der Waals surface area (Å²) < 4.78 is 13.5. The van der Waals surface area contributed by atoms with E-state index in [1.807, 2.05) is 36.4 Å². The van der Waals surface area contributed by atoms with Gasteiger partial charge in [0.05, 0.1) is 60.5 Å². The molecule has 20 rings (SSSR count). The summed E-state index contributed by atoms with van der Waals surface area (Å²) in [5.74, 6) is 2.97. The Morgan fingerprint density at radius 2 is 0.546 bits per heavy atom. The van der Waals surface area contributed by atoms with Gasteiger partial charge in [-0.2, -0.15) is 29.9 Å². The van der Waals surface area contributed by atoms with Gasteiger partial charge in [-0.25, -0.2) is 0 Å². The van der Waals surface area contributed by atoms with Crippen LogP contribution in [0.5, 0.6) is 0 Å². The number of rotatable bonds is 9. The van der Waals surface area contributed by atoms with Crippen LogP contribution in [0.2, 0.25) is 0 Å². The van der Waals surface area contributed by atoms with Gasteiger partial charge in [0.25, 0.3) is 0 Å². The minimum atomic E-state index is 0.443. The lowest BCUT2D eigenvalue weighted by molar-refractivity contribution is 0.863. The highest BCUT2D eigenvalue weighted by Crippen LogP contribution is 2.42. The van der Waals surface area contributed by atoms with Crippen molar-refractivity contribution in [3.8, 4) is 57.9 Å². The number of fused-ring (bicyclic) bond motifs is 14. The zero-order valence-electron chi connectivity index (χ0n) is 52.4. The van der Waals surface area contributed by atoms with Crippen LogP contribution in [0.1, 0.15) is 11.3 Å². The molecule has 97 heavy (non-hydrogen) atoms. The molecule has 12 nitrogen and oxygen atoms in total. The predicted molar refractivity (Wildman–Crippen MR) is 395 cm³/mol. The molecule has 0 atom stereocenters. The normalized spacial score (nSPS) is 12.3. The second-order valence-corrected chi connectivity index (χ2v) is 24.8. The number of hydrogen-bond acceptors (Lipinski definition) is 6. The van der Waals surface area contributed by atoms with E-state index in [-0.39, 0.29) is 0 Å². The smallest absolute Gasteiger partial charge is 0.240 e. The molecule has 0 aliphatic rings. The SMILES string of the molecule is C=c1/c(=C\c2c(C)n(-c3nc(-c4ccccc4)nc(-n4c5ccccc5c5cc6c(cc54)c4ccccc4n6-c4ccccc4)n3)c3ccccc23)n(-c2nc(-c3ccccc3)nc(-n3c4ccccc4c4cc5c(cc43)c3ccccc3n5-c3ccccc3)n2)c2ccccc12. The molecule has 0 radical (unpaired) electrons. The molecule has 0 fully saturated rings. The summed E-state index contributed by atoms with van der Waals surface area (Å²) in [7, 11) is 0. The Morgan fingerprint density at radius 3 is 0.948 bits per heavy atom. The third-order valence-corrected chi connectivity index (χ3v) is 19.5. The fourth-order valence-electron chi connectivity index (χ4n) is 15.2. The Hall–Kier alpha value is -13.3. The quantitative estimate of drug-likeness (QED) is 0.142. The summed E-state index contributed by atoms with van der Waals surface area (Å²) in [6.45, 7) is 7.04. The molecule has 12 aromatic carbocycles. The lowest BCUT2D eigenvalue weighted by Crippen LogP contribution is -2.29. The van der Waals surface area contributed by atoms with E-state index in [0.717, 1.165) is 153 Å². The number of nitrogens with zero attached hydrogens (tertiary/aromatic N) is 12. The third-order valence-electron chi connectivity index (χ3n) is 19.5. The van der Waals surface area contributed by atoms with E-state index < -0.39 is 0 Å². The van der Waals surface area contributed by atoms with E-state index in [4.69, 9.17) is 36.5 Å². The predicted octanol–water partition coefficient (Wildman–Crippen LogP) is 18.2. The number of aromatic nitrogens is 12. The van der Waals surface area contributed by atoms with Crippen LogP contribution in [0.3, 0.4) is 0 Å². The number of para-hydroxylation sites is 8. The van der Waals surface area contributed by atoms with E-state index in [1.54, 1.807) is 0 Å². The molecule has 454 valence electrons. The summed E-state index contributed by atoms with van der Waals surface area (Å²) >= 11 is 0. The molecule has 0 saturated carbocycles. The fourth-order valence-corrected chi connectivity index (χ4v) is 15.2. The molecular formula is C85H54N12.